The van der Waals surface area contributed by atoms with E-state index in [0.717, 1.165) is 29.8 Å². The lowest BCUT2D eigenvalue weighted by Gasteiger charge is -2.36. The molecule has 0 saturated carbocycles. The van der Waals surface area contributed by atoms with E-state index in [-0.39, 0.29) is 11.6 Å². The van der Waals surface area contributed by atoms with Gasteiger partial charge in [-0.25, -0.2) is 0 Å². The standard InChI is InChI=1S/C14H22ClNO/c1-4-14(5-2,17-3)13(16)10-11-8-6-7-9-12(11)15/h6-9,13H,4-5,10,16H2,1-3H3. The number of ether oxygens (including phenoxy) is 1. The third-order valence-corrected chi connectivity index (χ3v) is 4.05. The lowest BCUT2D eigenvalue weighted by Crippen LogP contribution is -2.50. The minimum atomic E-state index is -0.251. The molecule has 1 rings (SSSR count). The maximum absolute atomic E-state index is 6.30. The molecule has 0 heterocycles. The van der Waals surface area contributed by atoms with Crippen LogP contribution in [0.15, 0.2) is 24.3 Å². The van der Waals surface area contributed by atoms with Crippen LogP contribution in [0.2, 0.25) is 5.02 Å². The van der Waals surface area contributed by atoms with Crippen LogP contribution in [0.3, 0.4) is 0 Å². The fourth-order valence-electron chi connectivity index (χ4n) is 2.30. The highest BCUT2D eigenvalue weighted by molar-refractivity contribution is 6.31. The quantitative estimate of drug-likeness (QED) is 0.846. The molecule has 0 aliphatic carbocycles. The van der Waals surface area contributed by atoms with E-state index in [2.05, 4.69) is 13.8 Å². The molecule has 2 nitrogen and oxygen atoms in total. The van der Waals surface area contributed by atoms with Crippen LogP contribution < -0.4 is 5.73 Å². The largest absolute Gasteiger partial charge is 0.377 e. The SMILES string of the molecule is CCC(CC)(OC)C(N)Cc1ccccc1Cl. The molecule has 1 unspecified atom stereocenters. The predicted molar refractivity (Wildman–Crippen MR) is 73.5 cm³/mol. The summed E-state index contributed by atoms with van der Waals surface area (Å²) < 4.78 is 5.64. The van der Waals surface area contributed by atoms with Crippen molar-refractivity contribution in [2.75, 3.05) is 7.11 Å². The van der Waals surface area contributed by atoms with Crippen molar-refractivity contribution >= 4 is 11.6 Å². The van der Waals surface area contributed by atoms with Gasteiger partial charge in [-0.2, -0.15) is 0 Å². The van der Waals surface area contributed by atoms with Crippen LogP contribution in [0.4, 0.5) is 0 Å². The average Bonchev–Trinajstić information content (AvgIpc) is 2.35. The highest BCUT2D eigenvalue weighted by Gasteiger charge is 2.33. The zero-order valence-electron chi connectivity index (χ0n) is 10.9. The third kappa shape index (κ3) is 3.21. The molecular weight excluding hydrogens is 234 g/mol. The van der Waals surface area contributed by atoms with Crippen molar-refractivity contribution in [1.29, 1.82) is 0 Å². The summed E-state index contributed by atoms with van der Waals surface area (Å²) in [6, 6.07) is 7.80. The second kappa shape index (κ2) is 6.39. The summed E-state index contributed by atoms with van der Waals surface area (Å²) in [5.41, 5.74) is 7.14. The number of hydrogen-bond acceptors (Lipinski definition) is 2. The number of rotatable bonds is 6. The van der Waals surface area contributed by atoms with Gasteiger partial charge in [0.25, 0.3) is 0 Å². The Kier molecular flexibility index (Phi) is 5.44. The van der Waals surface area contributed by atoms with Crippen LogP contribution >= 0.6 is 11.6 Å². The van der Waals surface area contributed by atoms with Gasteiger partial charge in [0, 0.05) is 18.2 Å². The van der Waals surface area contributed by atoms with Crippen LogP contribution in [0, 0.1) is 0 Å². The highest BCUT2D eigenvalue weighted by Crippen LogP contribution is 2.27. The Labute approximate surface area is 109 Å². The summed E-state index contributed by atoms with van der Waals surface area (Å²) in [7, 11) is 1.74. The maximum atomic E-state index is 6.30. The van der Waals surface area contributed by atoms with Crippen LogP contribution in [0.1, 0.15) is 32.3 Å². The van der Waals surface area contributed by atoms with Crippen molar-refractivity contribution < 1.29 is 4.74 Å². The van der Waals surface area contributed by atoms with E-state index in [9.17, 15) is 0 Å². The van der Waals surface area contributed by atoms with Gasteiger partial charge in [-0.15, -0.1) is 0 Å². The molecule has 0 aliphatic heterocycles. The van der Waals surface area contributed by atoms with Gasteiger partial charge in [-0.1, -0.05) is 43.6 Å². The molecule has 0 aromatic heterocycles. The fraction of sp³-hybridized carbons (Fsp3) is 0.571. The van der Waals surface area contributed by atoms with E-state index in [1.165, 1.54) is 0 Å². The van der Waals surface area contributed by atoms with Crippen LogP contribution in [-0.2, 0) is 11.2 Å². The van der Waals surface area contributed by atoms with E-state index in [4.69, 9.17) is 22.1 Å². The fourth-order valence-corrected chi connectivity index (χ4v) is 2.51. The first kappa shape index (κ1) is 14.5. The van der Waals surface area contributed by atoms with Gasteiger partial charge in [0.2, 0.25) is 0 Å². The summed E-state index contributed by atoms with van der Waals surface area (Å²) in [5, 5.41) is 0.778. The van der Waals surface area contributed by atoms with Gasteiger partial charge in [0.15, 0.2) is 0 Å². The van der Waals surface area contributed by atoms with Crippen molar-refractivity contribution in [3.63, 3.8) is 0 Å². The first-order valence-corrected chi connectivity index (χ1v) is 6.51. The predicted octanol–water partition coefficient (Wildman–Crippen LogP) is 3.42. The summed E-state index contributed by atoms with van der Waals surface area (Å²) in [6.07, 6.45) is 2.56. The minimum Gasteiger partial charge on any atom is -0.377 e. The first-order chi connectivity index (χ1) is 8.09. The Hall–Kier alpha value is -0.570. The molecule has 1 aromatic carbocycles. The average molecular weight is 256 g/mol. The van der Waals surface area contributed by atoms with E-state index in [0.29, 0.717) is 0 Å². The van der Waals surface area contributed by atoms with Crippen LogP contribution in [0.5, 0.6) is 0 Å². The van der Waals surface area contributed by atoms with E-state index in [1.54, 1.807) is 7.11 Å². The molecule has 0 bridgehead atoms. The number of nitrogens with two attached hydrogens (primary N) is 1. The Balaban J connectivity index is 2.84. The Bertz CT molecular complexity index is 342. The van der Waals surface area contributed by atoms with Gasteiger partial charge in [0.1, 0.15) is 0 Å². The smallest absolute Gasteiger partial charge is 0.0826 e. The lowest BCUT2D eigenvalue weighted by molar-refractivity contribution is -0.0374. The van der Waals surface area contributed by atoms with Crippen molar-refractivity contribution in [2.45, 2.75) is 44.8 Å². The zero-order valence-corrected chi connectivity index (χ0v) is 11.6. The molecule has 2 N–H and O–H groups in total. The summed E-state index contributed by atoms with van der Waals surface area (Å²) >= 11 is 6.15. The van der Waals surface area contributed by atoms with Crippen molar-refractivity contribution in [2.24, 2.45) is 5.73 Å². The highest BCUT2D eigenvalue weighted by atomic mass is 35.5. The molecule has 0 radical (unpaired) electrons. The molecule has 1 aromatic rings. The Morgan fingerprint density at radius 3 is 2.35 bits per heavy atom. The van der Waals surface area contributed by atoms with Gasteiger partial charge in [-0.3, -0.25) is 0 Å². The summed E-state index contributed by atoms with van der Waals surface area (Å²) in [4.78, 5) is 0. The first-order valence-electron chi connectivity index (χ1n) is 6.13. The number of methoxy groups -OCH3 is 1. The van der Waals surface area contributed by atoms with Gasteiger partial charge in [-0.05, 0) is 30.9 Å². The van der Waals surface area contributed by atoms with Crippen molar-refractivity contribution in [1.82, 2.24) is 0 Å². The molecule has 0 fully saturated rings. The molecular formula is C14H22ClNO. The van der Waals surface area contributed by atoms with Crippen molar-refractivity contribution in [3.8, 4) is 0 Å². The monoisotopic (exact) mass is 255 g/mol. The minimum absolute atomic E-state index is 0.0394. The molecule has 17 heavy (non-hydrogen) atoms. The third-order valence-electron chi connectivity index (χ3n) is 3.68. The summed E-state index contributed by atoms with van der Waals surface area (Å²) in [5.74, 6) is 0. The number of halogens is 1. The van der Waals surface area contributed by atoms with Gasteiger partial charge in [0.05, 0.1) is 5.60 Å². The van der Waals surface area contributed by atoms with Gasteiger partial charge >= 0.3 is 0 Å². The lowest BCUT2D eigenvalue weighted by atomic mass is 9.85. The second-order valence-electron chi connectivity index (χ2n) is 4.38. The molecule has 3 heteroatoms. The van der Waals surface area contributed by atoms with E-state index < -0.39 is 0 Å². The number of hydrogen-bond donors (Lipinski definition) is 1. The number of benzene rings is 1. The zero-order chi connectivity index (χ0) is 12.9. The molecule has 0 amide bonds. The van der Waals surface area contributed by atoms with Crippen molar-refractivity contribution in [3.05, 3.63) is 34.9 Å². The molecule has 0 spiro atoms. The van der Waals surface area contributed by atoms with E-state index >= 15 is 0 Å². The topological polar surface area (TPSA) is 35.2 Å². The molecule has 1 atom stereocenters. The van der Waals surface area contributed by atoms with Crippen LogP contribution in [0.25, 0.3) is 0 Å². The molecule has 0 saturated heterocycles. The molecule has 96 valence electrons. The maximum Gasteiger partial charge on any atom is 0.0826 e. The Morgan fingerprint density at radius 2 is 1.88 bits per heavy atom. The van der Waals surface area contributed by atoms with Crippen LogP contribution in [-0.4, -0.2) is 18.8 Å². The Morgan fingerprint density at radius 1 is 1.29 bits per heavy atom. The normalized spacial score (nSPS) is 13.7. The second-order valence-corrected chi connectivity index (χ2v) is 4.79. The summed E-state index contributed by atoms with van der Waals surface area (Å²) in [6.45, 7) is 4.22. The van der Waals surface area contributed by atoms with Gasteiger partial charge < -0.3 is 10.5 Å². The molecule has 0 aliphatic rings. The van der Waals surface area contributed by atoms with E-state index in [1.807, 2.05) is 24.3 Å².